The number of nitrogens with zero attached hydrogens (tertiary/aromatic N) is 1. The minimum Gasteiger partial charge on any atom is -0.508 e. The molecule has 0 aromatic heterocycles. The third-order valence-electron chi connectivity index (χ3n) is 3.79. The van der Waals surface area contributed by atoms with Crippen molar-refractivity contribution in [2.75, 3.05) is 19.7 Å². The van der Waals surface area contributed by atoms with E-state index in [2.05, 4.69) is 0 Å². The zero-order valence-electron chi connectivity index (χ0n) is 12.2. The summed E-state index contributed by atoms with van der Waals surface area (Å²) in [4.78, 5) is 25.6. The van der Waals surface area contributed by atoms with Crippen LogP contribution in [0.5, 0.6) is 5.75 Å². The van der Waals surface area contributed by atoms with E-state index >= 15 is 0 Å². The van der Waals surface area contributed by atoms with E-state index in [0.29, 0.717) is 0 Å². The average molecular weight is 291 g/mol. The number of piperidine rings is 1. The first-order valence-corrected chi connectivity index (χ1v) is 7.31. The van der Waals surface area contributed by atoms with Crippen LogP contribution in [0.1, 0.15) is 37.7 Å². The summed E-state index contributed by atoms with van der Waals surface area (Å²) in [5.41, 5.74) is 0.753. The molecule has 21 heavy (non-hydrogen) atoms. The number of likely N-dealkylation sites (tertiary alicyclic amines) is 1. The van der Waals surface area contributed by atoms with Gasteiger partial charge in [-0.25, -0.2) is 0 Å². The van der Waals surface area contributed by atoms with Gasteiger partial charge in [-0.1, -0.05) is 12.1 Å². The molecular formula is C16H21NO4. The van der Waals surface area contributed by atoms with E-state index in [4.69, 9.17) is 4.74 Å². The maximum atomic E-state index is 12.0. The first-order valence-electron chi connectivity index (χ1n) is 7.31. The number of carbonyl (C=O) groups excluding carboxylic acids is 2. The molecule has 1 aromatic rings. The molecule has 1 aliphatic rings. The summed E-state index contributed by atoms with van der Waals surface area (Å²) in [6.07, 6.45) is 3.19. The average Bonchev–Trinajstić information content (AvgIpc) is 2.53. The summed E-state index contributed by atoms with van der Waals surface area (Å²) in [5, 5.41) is 9.23. The Labute approximate surface area is 124 Å². The predicted octanol–water partition coefficient (Wildman–Crippen LogP) is 2.05. The molecule has 0 radical (unpaired) electrons. The van der Waals surface area contributed by atoms with Gasteiger partial charge in [0.25, 0.3) is 5.91 Å². The number of aromatic hydroxyl groups is 1. The molecule has 0 spiro atoms. The number of amides is 1. The zero-order chi connectivity index (χ0) is 15.2. The number of hydrogen-bond acceptors (Lipinski definition) is 4. The highest BCUT2D eigenvalue weighted by Gasteiger charge is 2.21. The molecule has 1 aliphatic heterocycles. The smallest absolute Gasteiger partial charge is 0.313 e. The number of esters is 1. The maximum absolute atomic E-state index is 12.0. The van der Waals surface area contributed by atoms with Gasteiger partial charge < -0.3 is 14.7 Å². The zero-order valence-corrected chi connectivity index (χ0v) is 12.2. The number of benzene rings is 1. The fourth-order valence-electron chi connectivity index (χ4n) is 2.39. The van der Waals surface area contributed by atoms with Crippen LogP contribution < -0.4 is 0 Å². The van der Waals surface area contributed by atoms with E-state index in [1.807, 2.05) is 0 Å². The molecule has 1 atom stereocenters. The van der Waals surface area contributed by atoms with Crippen LogP contribution in [0.15, 0.2) is 24.3 Å². The summed E-state index contributed by atoms with van der Waals surface area (Å²) < 4.78 is 5.11. The minimum atomic E-state index is -0.459. The van der Waals surface area contributed by atoms with E-state index in [0.717, 1.165) is 37.9 Å². The summed E-state index contributed by atoms with van der Waals surface area (Å²) in [6.45, 7) is 3.04. The minimum absolute atomic E-state index is 0.124. The lowest BCUT2D eigenvalue weighted by Crippen LogP contribution is -2.38. The number of phenolic OH excluding ortho intramolecular Hbond substituents is 1. The Balaban J connectivity index is 1.83. The molecule has 1 saturated heterocycles. The lowest BCUT2D eigenvalue weighted by atomic mass is 10.0. The largest absolute Gasteiger partial charge is 0.508 e. The number of phenols is 1. The van der Waals surface area contributed by atoms with Crippen molar-refractivity contribution in [3.05, 3.63) is 29.8 Å². The molecule has 1 amide bonds. The van der Waals surface area contributed by atoms with E-state index in [1.54, 1.807) is 24.0 Å². The number of hydrogen-bond donors (Lipinski definition) is 1. The lowest BCUT2D eigenvalue weighted by molar-refractivity contribution is -0.153. The van der Waals surface area contributed by atoms with Crippen molar-refractivity contribution in [2.24, 2.45) is 0 Å². The second-order valence-corrected chi connectivity index (χ2v) is 5.36. The van der Waals surface area contributed by atoms with E-state index in [1.165, 1.54) is 12.1 Å². The van der Waals surface area contributed by atoms with E-state index in [-0.39, 0.29) is 18.3 Å². The number of rotatable bonds is 4. The summed E-state index contributed by atoms with van der Waals surface area (Å²) in [5.74, 6) is -0.855. The molecule has 1 fully saturated rings. The van der Waals surface area contributed by atoms with Crippen LogP contribution in [0.2, 0.25) is 0 Å². The molecule has 1 unspecified atom stereocenters. The summed E-state index contributed by atoms with van der Waals surface area (Å²) >= 11 is 0. The van der Waals surface area contributed by atoms with Gasteiger partial charge in [-0.15, -0.1) is 0 Å². The molecule has 114 valence electrons. The fourth-order valence-corrected chi connectivity index (χ4v) is 2.39. The molecule has 1 aromatic carbocycles. The monoisotopic (exact) mass is 291 g/mol. The van der Waals surface area contributed by atoms with Crippen LogP contribution in [0.4, 0.5) is 0 Å². The Morgan fingerprint density at radius 3 is 2.43 bits per heavy atom. The SMILES string of the molecule is CC(C(=O)OCC(=O)N1CCCCC1)c1ccc(O)cc1. The van der Waals surface area contributed by atoms with Gasteiger partial charge in [-0.05, 0) is 43.9 Å². The first-order chi connectivity index (χ1) is 10.1. The molecule has 0 bridgehead atoms. The van der Waals surface area contributed by atoms with Crippen molar-refractivity contribution >= 4 is 11.9 Å². The maximum Gasteiger partial charge on any atom is 0.313 e. The highest BCUT2D eigenvalue weighted by atomic mass is 16.5. The lowest BCUT2D eigenvalue weighted by Gasteiger charge is -2.26. The standard InChI is InChI=1S/C16H21NO4/c1-12(13-5-7-14(18)8-6-13)16(20)21-11-15(19)17-9-3-2-4-10-17/h5-8,12,18H,2-4,9-11H2,1H3. The van der Waals surface area contributed by atoms with Crippen LogP contribution in [0, 0.1) is 0 Å². The fraction of sp³-hybridized carbons (Fsp3) is 0.500. The van der Waals surface area contributed by atoms with Crippen molar-refractivity contribution < 1.29 is 19.4 Å². The van der Waals surface area contributed by atoms with E-state index < -0.39 is 11.9 Å². The van der Waals surface area contributed by atoms with Gasteiger partial charge in [-0.3, -0.25) is 9.59 Å². The van der Waals surface area contributed by atoms with Crippen molar-refractivity contribution in [3.8, 4) is 5.75 Å². The Hall–Kier alpha value is -2.04. The normalized spacial score (nSPS) is 16.3. The molecule has 1 N–H and O–H groups in total. The van der Waals surface area contributed by atoms with Gasteiger partial charge in [0.05, 0.1) is 5.92 Å². The second-order valence-electron chi connectivity index (χ2n) is 5.36. The van der Waals surface area contributed by atoms with Gasteiger partial charge >= 0.3 is 5.97 Å². The Kier molecular flexibility index (Phi) is 5.20. The number of carbonyl (C=O) groups is 2. The molecular weight excluding hydrogens is 270 g/mol. The third-order valence-corrected chi connectivity index (χ3v) is 3.79. The molecule has 5 nitrogen and oxygen atoms in total. The van der Waals surface area contributed by atoms with Crippen LogP contribution in [-0.2, 0) is 14.3 Å². The predicted molar refractivity (Wildman–Crippen MR) is 77.9 cm³/mol. The molecule has 2 rings (SSSR count). The van der Waals surface area contributed by atoms with Crippen LogP contribution >= 0.6 is 0 Å². The van der Waals surface area contributed by atoms with Gasteiger partial charge in [0.1, 0.15) is 5.75 Å². The third kappa shape index (κ3) is 4.21. The molecule has 1 heterocycles. The van der Waals surface area contributed by atoms with Crippen LogP contribution in [-0.4, -0.2) is 41.6 Å². The van der Waals surface area contributed by atoms with E-state index in [9.17, 15) is 14.7 Å². The van der Waals surface area contributed by atoms with Crippen molar-refractivity contribution in [1.29, 1.82) is 0 Å². The van der Waals surface area contributed by atoms with Crippen molar-refractivity contribution in [1.82, 2.24) is 4.90 Å². The Morgan fingerprint density at radius 1 is 1.19 bits per heavy atom. The summed E-state index contributed by atoms with van der Waals surface area (Å²) in [6, 6.07) is 6.40. The number of ether oxygens (including phenoxy) is 1. The Bertz CT molecular complexity index is 492. The second kappa shape index (κ2) is 7.11. The van der Waals surface area contributed by atoms with Crippen LogP contribution in [0.3, 0.4) is 0 Å². The first kappa shape index (κ1) is 15.4. The quantitative estimate of drug-likeness (QED) is 0.862. The highest BCUT2D eigenvalue weighted by molar-refractivity contribution is 5.83. The van der Waals surface area contributed by atoms with Gasteiger partial charge in [0, 0.05) is 13.1 Å². The van der Waals surface area contributed by atoms with Crippen LogP contribution in [0.25, 0.3) is 0 Å². The molecule has 0 saturated carbocycles. The summed E-state index contributed by atoms with van der Waals surface area (Å²) in [7, 11) is 0. The molecule has 0 aliphatic carbocycles. The van der Waals surface area contributed by atoms with Gasteiger partial charge in [0.2, 0.25) is 0 Å². The topological polar surface area (TPSA) is 66.8 Å². The van der Waals surface area contributed by atoms with Gasteiger partial charge in [-0.2, -0.15) is 0 Å². The van der Waals surface area contributed by atoms with Crippen molar-refractivity contribution in [2.45, 2.75) is 32.1 Å². The van der Waals surface area contributed by atoms with Crippen molar-refractivity contribution in [3.63, 3.8) is 0 Å². The Morgan fingerprint density at radius 2 is 1.81 bits per heavy atom. The molecule has 5 heteroatoms. The highest BCUT2D eigenvalue weighted by Crippen LogP contribution is 2.19. The van der Waals surface area contributed by atoms with Gasteiger partial charge in [0.15, 0.2) is 6.61 Å².